The number of aromatic nitrogens is 1. The SMILES string of the molecule is Cc1ccc(-c2nc(C(=O)Nc3cccc(C4CNC(=O)C4)c3)cs2)c(C)c1. The Labute approximate surface area is 167 Å². The highest BCUT2D eigenvalue weighted by molar-refractivity contribution is 7.13. The van der Waals surface area contributed by atoms with Crippen LogP contribution in [-0.4, -0.2) is 23.3 Å². The Bertz CT molecular complexity index is 1060. The van der Waals surface area contributed by atoms with Gasteiger partial charge in [0.05, 0.1) is 0 Å². The van der Waals surface area contributed by atoms with Crippen molar-refractivity contribution in [3.63, 3.8) is 0 Å². The summed E-state index contributed by atoms with van der Waals surface area (Å²) in [5, 5.41) is 8.39. The molecule has 0 bridgehead atoms. The van der Waals surface area contributed by atoms with Crippen molar-refractivity contribution in [3.8, 4) is 10.6 Å². The Hall–Kier alpha value is -2.99. The van der Waals surface area contributed by atoms with Gasteiger partial charge in [-0.3, -0.25) is 9.59 Å². The van der Waals surface area contributed by atoms with Crippen molar-refractivity contribution < 1.29 is 9.59 Å². The average Bonchev–Trinajstić information content (AvgIpc) is 3.31. The van der Waals surface area contributed by atoms with Crippen molar-refractivity contribution in [1.29, 1.82) is 0 Å². The number of aryl methyl sites for hydroxylation is 2. The minimum atomic E-state index is -0.231. The number of nitrogens with one attached hydrogen (secondary N) is 2. The van der Waals surface area contributed by atoms with Crippen LogP contribution in [-0.2, 0) is 4.79 Å². The summed E-state index contributed by atoms with van der Waals surface area (Å²) in [5.41, 5.74) is 5.56. The molecule has 1 fully saturated rings. The number of benzene rings is 2. The Kier molecular flexibility index (Phi) is 4.96. The van der Waals surface area contributed by atoms with Crippen LogP contribution in [0.2, 0.25) is 0 Å². The van der Waals surface area contributed by atoms with Gasteiger partial charge in [0.1, 0.15) is 10.7 Å². The first-order valence-corrected chi connectivity index (χ1v) is 10.1. The second kappa shape index (κ2) is 7.56. The van der Waals surface area contributed by atoms with Crippen molar-refractivity contribution >= 4 is 28.8 Å². The van der Waals surface area contributed by atoms with Gasteiger partial charge in [0.25, 0.3) is 5.91 Å². The van der Waals surface area contributed by atoms with Crippen molar-refractivity contribution in [1.82, 2.24) is 10.3 Å². The first-order valence-electron chi connectivity index (χ1n) is 9.21. The number of anilines is 1. The molecule has 28 heavy (non-hydrogen) atoms. The maximum Gasteiger partial charge on any atom is 0.275 e. The summed E-state index contributed by atoms with van der Waals surface area (Å²) in [6.45, 7) is 4.75. The Balaban J connectivity index is 1.50. The van der Waals surface area contributed by atoms with E-state index in [4.69, 9.17) is 0 Å². The lowest BCUT2D eigenvalue weighted by molar-refractivity contribution is -0.119. The van der Waals surface area contributed by atoms with E-state index in [-0.39, 0.29) is 17.7 Å². The lowest BCUT2D eigenvalue weighted by Crippen LogP contribution is -2.14. The molecule has 0 spiro atoms. The van der Waals surface area contributed by atoms with Crippen LogP contribution in [0.4, 0.5) is 5.69 Å². The molecule has 1 unspecified atom stereocenters. The van der Waals surface area contributed by atoms with Crippen molar-refractivity contribution in [3.05, 3.63) is 70.2 Å². The Morgan fingerprint density at radius 1 is 1.21 bits per heavy atom. The van der Waals surface area contributed by atoms with Crippen LogP contribution < -0.4 is 10.6 Å². The third-order valence-corrected chi connectivity index (χ3v) is 5.82. The van der Waals surface area contributed by atoms with Gasteiger partial charge in [-0.2, -0.15) is 0 Å². The smallest absolute Gasteiger partial charge is 0.275 e. The van der Waals surface area contributed by atoms with Gasteiger partial charge < -0.3 is 10.6 Å². The molecule has 1 aliphatic rings. The van der Waals surface area contributed by atoms with Gasteiger partial charge in [-0.1, -0.05) is 35.9 Å². The number of nitrogens with zero attached hydrogens (tertiary/aromatic N) is 1. The van der Waals surface area contributed by atoms with Crippen LogP contribution in [0.25, 0.3) is 10.6 Å². The minimum Gasteiger partial charge on any atom is -0.355 e. The van der Waals surface area contributed by atoms with E-state index in [0.717, 1.165) is 21.7 Å². The molecule has 4 rings (SSSR count). The molecule has 6 heteroatoms. The van der Waals surface area contributed by atoms with Gasteiger partial charge in [-0.15, -0.1) is 11.3 Å². The quantitative estimate of drug-likeness (QED) is 0.697. The highest BCUT2D eigenvalue weighted by Crippen LogP contribution is 2.28. The fourth-order valence-electron chi connectivity index (χ4n) is 3.46. The van der Waals surface area contributed by atoms with E-state index in [0.29, 0.717) is 24.3 Å². The third kappa shape index (κ3) is 3.82. The fraction of sp³-hybridized carbons (Fsp3) is 0.227. The van der Waals surface area contributed by atoms with Gasteiger partial charge >= 0.3 is 0 Å². The molecule has 5 nitrogen and oxygen atoms in total. The monoisotopic (exact) mass is 391 g/mol. The van der Waals surface area contributed by atoms with Gasteiger partial charge in [-0.25, -0.2) is 4.98 Å². The summed E-state index contributed by atoms with van der Waals surface area (Å²) in [7, 11) is 0. The van der Waals surface area contributed by atoms with Crippen molar-refractivity contribution in [2.45, 2.75) is 26.2 Å². The summed E-state index contributed by atoms with van der Waals surface area (Å²) < 4.78 is 0. The summed E-state index contributed by atoms with van der Waals surface area (Å²) in [6.07, 6.45) is 0.489. The molecule has 2 amide bonds. The molecular formula is C22H21N3O2S. The summed E-state index contributed by atoms with van der Waals surface area (Å²) in [5.74, 6) is -0.00869. The topological polar surface area (TPSA) is 71.1 Å². The number of carbonyl (C=O) groups is 2. The number of rotatable bonds is 4. The number of hydrogen-bond acceptors (Lipinski definition) is 4. The summed E-state index contributed by atoms with van der Waals surface area (Å²) in [4.78, 5) is 28.6. The van der Waals surface area contributed by atoms with Crippen LogP contribution in [0.1, 0.15) is 39.5 Å². The van der Waals surface area contributed by atoms with Gasteiger partial charge in [0.15, 0.2) is 0 Å². The number of thiazole rings is 1. The lowest BCUT2D eigenvalue weighted by Gasteiger charge is -2.10. The molecule has 1 atom stereocenters. The molecule has 3 aromatic rings. The second-order valence-corrected chi connectivity index (χ2v) is 8.00. The van der Waals surface area contributed by atoms with Gasteiger partial charge in [0.2, 0.25) is 5.91 Å². The van der Waals surface area contributed by atoms with E-state index in [1.807, 2.05) is 30.3 Å². The molecule has 2 aromatic carbocycles. The highest BCUT2D eigenvalue weighted by Gasteiger charge is 2.23. The van der Waals surface area contributed by atoms with Crippen molar-refractivity contribution in [2.75, 3.05) is 11.9 Å². The van der Waals surface area contributed by atoms with Crippen LogP contribution in [0.3, 0.4) is 0 Å². The van der Waals surface area contributed by atoms with E-state index in [9.17, 15) is 9.59 Å². The van der Waals surface area contributed by atoms with Gasteiger partial charge in [0, 0.05) is 35.5 Å². The zero-order valence-electron chi connectivity index (χ0n) is 15.8. The van der Waals surface area contributed by atoms with Crippen LogP contribution in [0.5, 0.6) is 0 Å². The number of hydrogen-bond donors (Lipinski definition) is 2. The summed E-state index contributed by atoms with van der Waals surface area (Å²) in [6, 6.07) is 13.9. The van der Waals surface area contributed by atoms with Crippen LogP contribution >= 0.6 is 11.3 Å². The normalized spacial score (nSPS) is 16.1. The molecule has 0 radical (unpaired) electrons. The second-order valence-electron chi connectivity index (χ2n) is 7.14. The number of carbonyl (C=O) groups excluding carboxylic acids is 2. The van der Waals surface area contributed by atoms with E-state index in [1.165, 1.54) is 16.9 Å². The Morgan fingerprint density at radius 2 is 2.07 bits per heavy atom. The molecule has 0 saturated carbocycles. The molecule has 2 heterocycles. The Morgan fingerprint density at radius 3 is 2.82 bits per heavy atom. The average molecular weight is 391 g/mol. The minimum absolute atomic E-state index is 0.0702. The molecular weight excluding hydrogens is 370 g/mol. The maximum absolute atomic E-state index is 12.6. The van der Waals surface area contributed by atoms with E-state index < -0.39 is 0 Å². The number of amides is 2. The largest absolute Gasteiger partial charge is 0.355 e. The predicted molar refractivity (Wildman–Crippen MR) is 112 cm³/mol. The summed E-state index contributed by atoms with van der Waals surface area (Å²) >= 11 is 1.47. The van der Waals surface area contributed by atoms with Crippen LogP contribution in [0, 0.1) is 13.8 Å². The standard InChI is InChI=1S/C22H21N3O2S/c1-13-6-7-18(14(2)8-13)22-25-19(12-28-22)21(27)24-17-5-3-4-15(9-17)16-10-20(26)23-11-16/h3-9,12,16H,10-11H2,1-2H3,(H,23,26)(H,24,27). The van der Waals surface area contributed by atoms with E-state index in [1.54, 1.807) is 5.38 Å². The first kappa shape index (κ1) is 18.4. The molecule has 2 N–H and O–H groups in total. The third-order valence-electron chi connectivity index (χ3n) is 4.94. The van der Waals surface area contributed by atoms with Crippen molar-refractivity contribution in [2.24, 2.45) is 0 Å². The lowest BCUT2D eigenvalue weighted by atomic mass is 9.98. The molecule has 0 aliphatic carbocycles. The van der Waals surface area contributed by atoms with E-state index >= 15 is 0 Å². The molecule has 1 saturated heterocycles. The zero-order valence-corrected chi connectivity index (χ0v) is 16.6. The predicted octanol–water partition coefficient (Wildman–Crippen LogP) is 4.28. The highest BCUT2D eigenvalue weighted by atomic mass is 32.1. The fourth-order valence-corrected chi connectivity index (χ4v) is 4.35. The first-order chi connectivity index (χ1) is 13.5. The zero-order chi connectivity index (χ0) is 19.7. The molecule has 142 valence electrons. The molecule has 1 aromatic heterocycles. The van der Waals surface area contributed by atoms with Crippen LogP contribution in [0.15, 0.2) is 47.8 Å². The molecule has 1 aliphatic heterocycles. The van der Waals surface area contributed by atoms with Gasteiger partial charge in [-0.05, 0) is 37.1 Å². The van der Waals surface area contributed by atoms with E-state index in [2.05, 4.69) is 41.6 Å². The maximum atomic E-state index is 12.6.